The van der Waals surface area contributed by atoms with Gasteiger partial charge in [0.2, 0.25) is 12.3 Å². The summed E-state index contributed by atoms with van der Waals surface area (Å²) in [6.07, 6.45) is 5.04. The molecule has 8 nitrogen and oxygen atoms in total. The number of nitrogens with zero attached hydrogens (tertiary/aromatic N) is 3. The fourth-order valence-electron chi connectivity index (χ4n) is 1.98. The van der Waals surface area contributed by atoms with Gasteiger partial charge in [-0.3, -0.25) is 25.6 Å². The molecule has 0 aromatic carbocycles. The maximum atomic E-state index is 12.2. The van der Waals surface area contributed by atoms with Crippen molar-refractivity contribution >= 4 is 18.1 Å². The molecule has 124 valence electrons. The van der Waals surface area contributed by atoms with E-state index in [2.05, 4.69) is 22.8 Å². The molecule has 1 heterocycles. The maximum Gasteiger partial charge on any atom is 0.243 e. The van der Waals surface area contributed by atoms with Crippen LogP contribution in [0.5, 0.6) is 0 Å². The molecule has 0 saturated heterocycles. The molecule has 3 N–H and O–H groups in total. The lowest BCUT2D eigenvalue weighted by Gasteiger charge is -2.19. The van der Waals surface area contributed by atoms with Crippen LogP contribution in [0.4, 0.5) is 5.82 Å². The van der Waals surface area contributed by atoms with Crippen molar-refractivity contribution in [3.05, 3.63) is 23.9 Å². The number of aromatic nitrogens is 1. The van der Waals surface area contributed by atoms with Crippen LogP contribution in [0.1, 0.15) is 38.2 Å². The number of anilines is 1. The van der Waals surface area contributed by atoms with E-state index in [0.29, 0.717) is 22.9 Å². The number of hydroxylamine groups is 2. The first-order valence-corrected chi connectivity index (χ1v) is 7.43. The van der Waals surface area contributed by atoms with E-state index in [1.54, 1.807) is 12.1 Å². The van der Waals surface area contributed by atoms with Gasteiger partial charge in [-0.2, -0.15) is 5.26 Å². The van der Waals surface area contributed by atoms with Gasteiger partial charge in [0, 0.05) is 6.20 Å². The van der Waals surface area contributed by atoms with E-state index in [9.17, 15) is 14.8 Å². The maximum absolute atomic E-state index is 12.2. The lowest BCUT2D eigenvalue weighted by Crippen LogP contribution is -2.40. The number of carbonyl (C=O) groups excluding carboxylic acids is 2. The standard InChI is InChI=1S/C15H21N5O3/c1-2-3-4-5-13(10-20(23)11-21)15(22)19-18-14-7-6-12(8-16)9-17-14/h6-7,9,11,13,23H,2-5,10H2,1H3,(H,17,18)(H,19,22)/t13-/m1/s1. The minimum Gasteiger partial charge on any atom is -0.286 e. The van der Waals surface area contributed by atoms with Crippen LogP contribution in [-0.4, -0.2) is 34.1 Å². The van der Waals surface area contributed by atoms with Crippen molar-refractivity contribution in [1.29, 1.82) is 5.26 Å². The minimum atomic E-state index is -0.525. The van der Waals surface area contributed by atoms with Crippen molar-refractivity contribution in [3.8, 4) is 6.07 Å². The van der Waals surface area contributed by atoms with Crippen LogP contribution < -0.4 is 10.9 Å². The molecular formula is C15H21N5O3. The summed E-state index contributed by atoms with van der Waals surface area (Å²) in [7, 11) is 0. The average molecular weight is 319 g/mol. The Hall–Kier alpha value is -2.66. The number of unbranched alkanes of at least 4 members (excludes halogenated alkanes) is 2. The Balaban J connectivity index is 2.56. The molecule has 0 radical (unpaired) electrons. The van der Waals surface area contributed by atoms with Crippen LogP contribution in [-0.2, 0) is 9.59 Å². The lowest BCUT2D eigenvalue weighted by atomic mass is 10.0. The van der Waals surface area contributed by atoms with Gasteiger partial charge in [-0.1, -0.05) is 26.2 Å². The number of hydrogen-bond donors (Lipinski definition) is 3. The van der Waals surface area contributed by atoms with Gasteiger partial charge < -0.3 is 0 Å². The molecular weight excluding hydrogens is 298 g/mol. The lowest BCUT2D eigenvalue weighted by molar-refractivity contribution is -0.154. The number of nitrogens with one attached hydrogen (secondary N) is 2. The van der Waals surface area contributed by atoms with Crippen molar-refractivity contribution in [2.75, 3.05) is 12.0 Å². The summed E-state index contributed by atoms with van der Waals surface area (Å²) in [6.45, 7) is 1.98. The zero-order valence-corrected chi connectivity index (χ0v) is 13.0. The third-order valence-corrected chi connectivity index (χ3v) is 3.26. The summed E-state index contributed by atoms with van der Waals surface area (Å²) in [5.74, 6) is -0.475. The van der Waals surface area contributed by atoms with E-state index in [1.807, 2.05) is 6.07 Å². The molecule has 1 rings (SSSR count). The Bertz CT molecular complexity index is 541. The number of carbonyl (C=O) groups is 2. The molecule has 2 amide bonds. The van der Waals surface area contributed by atoms with Gasteiger partial charge in [0.05, 0.1) is 18.0 Å². The second-order valence-electron chi connectivity index (χ2n) is 5.08. The van der Waals surface area contributed by atoms with Crippen LogP contribution in [0.3, 0.4) is 0 Å². The van der Waals surface area contributed by atoms with E-state index in [-0.39, 0.29) is 18.9 Å². The van der Waals surface area contributed by atoms with E-state index in [4.69, 9.17) is 5.26 Å². The van der Waals surface area contributed by atoms with Crippen LogP contribution in [0.25, 0.3) is 0 Å². The number of hydrazine groups is 1. The normalized spacial score (nSPS) is 11.2. The highest BCUT2D eigenvalue weighted by molar-refractivity contribution is 5.80. The second kappa shape index (κ2) is 10.1. The van der Waals surface area contributed by atoms with Gasteiger partial charge in [-0.25, -0.2) is 10.0 Å². The minimum absolute atomic E-state index is 0.0679. The number of rotatable bonds is 10. The largest absolute Gasteiger partial charge is 0.286 e. The smallest absolute Gasteiger partial charge is 0.243 e. The van der Waals surface area contributed by atoms with Gasteiger partial charge in [0.25, 0.3) is 0 Å². The Morgan fingerprint density at radius 3 is 2.87 bits per heavy atom. The number of amides is 2. The second-order valence-corrected chi connectivity index (χ2v) is 5.08. The van der Waals surface area contributed by atoms with Gasteiger partial charge in [0.15, 0.2) is 0 Å². The van der Waals surface area contributed by atoms with Gasteiger partial charge >= 0.3 is 0 Å². The molecule has 0 aliphatic heterocycles. The Labute approximate surface area is 135 Å². The van der Waals surface area contributed by atoms with Crippen molar-refractivity contribution in [2.24, 2.45) is 5.92 Å². The highest BCUT2D eigenvalue weighted by atomic mass is 16.5. The highest BCUT2D eigenvalue weighted by Crippen LogP contribution is 2.12. The zero-order valence-electron chi connectivity index (χ0n) is 13.0. The molecule has 0 fully saturated rings. The zero-order chi connectivity index (χ0) is 17.1. The Morgan fingerprint density at radius 1 is 1.52 bits per heavy atom. The van der Waals surface area contributed by atoms with Gasteiger partial charge in [-0.15, -0.1) is 0 Å². The number of pyridine rings is 1. The van der Waals surface area contributed by atoms with Crippen LogP contribution in [0, 0.1) is 17.2 Å². The summed E-state index contributed by atoms with van der Waals surface area (Å²) in [5, 5.41) is 18.5. The van der Waals surface area contributed by atoms with Crippen molar-refractivity contribution in [3.63, 3.8) is 0 Å². The molecule has 0 unspecified atom stereocenters. The van der Waals surface area contributed by atoms with E-state index >= 15 is 0 Å². The SMILES string of the molecule is CCCCC[C@H](CN(O)C=O)C(=O)NNc1ccc(C#N)cn1. The molecule has 0 bridgehead atoms. The first kappa shape index (κ1) is 18.4. The summed E-state index contributed by atoms with van der Waals surface area (Å²) >= 11 is 0. The van der Waals surface area contributed by atoms with Crippen LogP contribution in [0.15, 0.2) is 18.3 Å². The highest BCUT2D eigenvalue weighted by Gasteiger charge is 2.20. The van der Waals surface area contributed by atoms with E-state index in [1.165, 1.54) is 6.20 Å². The third kappa shape index (κ3) is 6.76. The van der Waals surface area contributed by atoms with Gasteiger partial charge in [-0.05, 0) is 18.6 Å². The van der Waals surface area contributed by atoms with Crippen molar-refractivity contribution < 1.29 is 14.8 Å². The fraction of sp³-hybridized carbons (Fsp3) is 0.467. The molecule has 1 aromatic heterocycles. The number of nitriles is 1. The quantitative estimate of drug-likeness (QED) is 0.260. The molecule has 0 aliphatic rings. The van der Waals surface area contributed by atoms with Crippen LogP contribution >= 0.6 is 0 Å². The Morgan fingerprint density at radius 2 is 2.30 bits per heavy atom. The average Bonchev–Trinajstić information content (AvgIpc) is 2.59. The topological polar surface area (TPSA) is 118 Å². The predicted molar refractivity (Wildman–Crippen MR) is 82.9 cm³/mol. The molecule has 0 aliphatic carbocycles. The third-order valence-electron chi connectivity index (χ3n) is 3.26. The first-order valence-electron chi connectivity index (χ1n) is 7.43. The van der Waals surface area contributed by atoms with E-state index in [0.717, 1.165) is 19.3 Å². The Kier molecular flexibility index (Phi) is 8.10. The molecule has 23 heavy (non-hydrogen) atoms. The molecule has 8 heteroatoms. The van der Waals surface area contributed by atoms with Crippen molar-refractivity contribution in [1.82, 2.24) is 15.5 Å². The summed E-state index contributed by atoms with van der Waals surface area (Å²) in [5.41, 5.74) is 5.57. The summed E-state index contributed by atoms with van der Waals surface area (Å²) in [4.78, 5) is 26.7. The summed E-state index contributed by atoms with van der Waals surface area (Å²) < 4.78 is 0. The van der Waals surface area contributed by atoms with Crippen LogP contribution in [0.2, 0.25) is 0 Å². The monoisotopic (exact) mass is 319 g/mol. The predicted octanol–water partition coefficient (Wildman–Crippen LogP) is 1.44. The first-order chi connectivity index (χ1) is 11.1. The molecule has 1 aromatic rings. The van der Waals surface area contributed by atoms with Gasteiger partial charge in [0.1, 0.15) is 11.9 Å². The molecule has 1 atom stereocenters. The summed E-state index contributed by atoms with van der Waals surface area (Å²) in [6, 6.07) is 5.09. The number of hydrogen-bond acceptors (Lipinski definition) is 6. The van der Waals surface area contributed by atoms with Crippen molar-refractivity contribution in [2.45, 2.75) is 32.6 Å². The fourth-order valence-corrected chi connectivity index (χ4v) is 1.98. The molecule has 0 saturated carbocycles. The molecule has 0 spiro atoms. The van der Waals surface area contributed by atoms with E-state index < -0.39 is 5.92 Å².